The number of hydrogen-bond donors (Lipinski definition) is 8. The zero-order chi connectivity index (χ0) is 54.0. The second kappa shape index (κ2) is 21.9. The van der Waals surface area contributed by atoms with Crippen molar-refractivity contribution >= 4 is 112 Å². The summed E-state index contributed by atoms with van der Waals surface area (Å²) in [5, 5.41) is 15.8. The van der Waals surface area contributed by atoms with E-state index in [0.717, 1.165) is 26.2 Å². The molecule has 4 aromatic carbocycles. The third-order valence-corrected chi connectivity index (χ3v) is 14.2. The zero-order valence-corrected chi connectivity index (χ0v) is 43.3. The number of aromatic amines is 4. The van der Waals surface area contributed by atoms with Crippen molar-refractivity contribution < 1.29 is 54.6 Å². The number of benzene rings is 4. The molecule has 0 saturated heterocycles. The van der Waals surface area contributed by atoms with Gasteiger partial charge >= 0.3 is 0 Å². The van der Waals surface area contributed by atoms with Gasteiger partial charge in [-0.2, -0.15) is 0 Å². The molecule has 0 saturated carbocycles. The molecule has 16 nitrogen and oxygen atoms in total. The molecular weight excluding hydrogens is 1020 g/mol. The molecule has 392 valence electrons. The molecule has 0 aliphatic carbocycles. The largest absolute Gasteiger partial charge is 0.759 e. The van der Waals surface area contributed by atoms with Crippen molar-refractivity contribution in [2.75, 3.05) is 26.2 Å². The van der Waals surface area contributed by atoms with Gasteiger partial charge in [-0.3, -0.25) is 36.4 Å². The van der Waals surface area contributed by atoms with Crippen LogP contribution < -0.4 is 61.9 Å². The molecule has 4 aromatic heterocycles. The van der Waals surface area contributed by atoms with Crippen molar-refractivity contribution in [3.63, 3.8) is 0 Å². The maximum Gasteiger partial charge on any atom is 0.160 e. The van der Waals surface area contributed by atoms with Crippen LogP contribution in [0.15, 0.2) is 195 Å². The molecule has 8 aliphatic heterocycles. The first-order chi connectivity index (χ1) is 37.7. The second-order valence-electron chi connectivity index (χ2n) is 18.9. The van der Waals surface area contributed by atoms with Gasteiger partial charge in [0.1, 0.15) is 47.6 Å². The Morgan fingerprint density at radius 2 is 0.526 bits per heavy atom. The third kappa shape index (κ3) is 11.2. The van der Waals surface area contributed by atoms with Gasteiger partial charge in [-0.1, -0.05) is 97.1 Å². The molecule has 0 amide bonds. The Morgan fingerprint density at radius 1 is 0.321 bits per heavy atom. The number of aromatic nitrogens is 4. The van der Waals surface area contributed by atoms with Crippen LogP contribution in [-0.4, -0.2) is 81.2 Å². The van der Waals surface area contributed by atoms with Crippen LogP contribution in [0, 0.1) is 0 Å². The van der Waals surface area contributed by atoms with Crippen LogP contribution >= 0.6 is 0 Å². The fraction of sp³-hybridized carbons (Fsp3) is 0.0667. The van der Waals surface area contributed by atoms with Crippen LogP contribution in [0.25, 0.3) is 90.7 Å². The number of para-hydroxylation sites is 4. The van der Waals surface area contributed by atoms with Crippen molar-refractivity contribution in [3.05, 3.63) is 237 Å². The van der Waals surface area contributed by atoms with E-state index in [2.05, 4.69) is 239 Å². The first-order valence-corrected chi connectivity index (χ1v) is 27.8. The molecule has 8 aromatic rings. The smallest absolute Gasteiger partial charge is 0.160 e. The summed E-state index contributed by atoms with van der Waals surface area (Å²) in [5.41, 5.74) is 10.3. The summed E-state index contributed by atoms with van der Waals surface area (Å²) in [4.78, 5) is 19.8. The predicted octanol–water partition coefficient (Wildman–Crippen LogP) is -2.52. The van der Waals surface area contributed by atoms with Crippen molar-refractivity contribution in [1.82, 2.24) is 19.9 Å². The fourth-order valence-corrected chi connectivity index (χ4v) is 11.0. The molecule has 8 N–H and O–H groups in total. The highest BCUT2D eigenvalue weighted by Gasteiger charge is 2.22. The van der Waals surface area contributed by atoms with Crippen LogP contribution in [0.1, 0.15) is 0 Å². The van der Waals surface area contributed by atoms with E-state index in [0.29, 0.717) is 0 Å². The van der Waals surface area contributed by atoms with Crippen LogP contribution in [0.2, 0.25) is 0 Å². The molecular formula is C60H52N8O8S2. The van der Waals surface area contributed by atoms with Crippen LogP contribution in [0.3, 0.4) is 0 Å². The lowest BCUT2D eigenvalue weighted by molar-refractivity contribution is -0.758. The first kappa shape index (κ1) is 51.6. The summed E-state index contributed by atoms with van der Waals surface area (Å²) < 4.78 is 68.2. The molecule has 18 heteroatoms. The quantitative estimate of drug-likeness (QED) is 0.0595. The highest BCUT2D eigenvalue weighted by molar-refractivity contribution is 7.80. The summed E-state index contributed by atoms with van der Waals surface area (Å²) in [7, 11) is -10.3. The number of fused-ring (bicyclic) bond motifs is 16. The first-order valence-electron chi connectivity index (χ1n) is 25.2. The average molecular weight is 1080 g/mol. The lowest BCUT2D eigenvalue weighted by Gasteiger charge is -2.17. The van der Waals surface area contributed by atoms with E-state index in [1.165, 1.54) is 128 Å². The monoisotopic (exact) mass is 1080 g/mol. The predicted molar refractivity (Wildman–Crippen MR) is 299 cm³/mol. The SMILES string of the molecule is C1=CC2=c3[nH]c4ccccc4c3=CC[NH+]2C=C1.C1=CC2=c3[nH]c4ccccc4c3=CC[NH+]2C=C1.C1=CC2=c3[nH]c4ccccc4c3=CC[NH+]2C=C1.C1=CC2=c3[nH]c4ccccc4c3=CC[NH+]2C=C1.O=S(=O)([O-])[O-].O=S(=O)([O-])[O-]. The minimum Gasteiger partial charge on any atom is -0.759 e. The maximum absolute atomic E-state index is 8.52. The molecule has 0 spiro atoms. The van der Waals surface area contributed by atoms with E-state index in [4.69, 9.17) is 35.0 Å². The highest BCUT2D eigenvalue weighted by atomic mass is 32.3. The van der Waals surface area contributed by atoms with Crippen molar-refractivity contribution in [1.29, 1.82) is 0 Å². The van der Waals surface area contributed by atoms with E-state index >= 15 is 0 Å². The van der Waals surface area contributed by atoms with Gasteiger partial charge in [0.05, 0.1) is 24.8 Å². The van der Waals surface area contributed by atoms with E-state index < -0.39 is 20.8 Å². The molecule has 12 heterocycles. The van der Waals surface area contributed by atoms with Gasteiger partial charge in [-0.15, -0.1) is 0 Å². The molecule has 0 bridgehead atoms. The fourth-order valence-electron chi connectivity index (χ4n) is 11.0. The summed E-state index contributed by atoms with van der Waals surface area (Å²) in [6, 6.07) is 34.1. The Kier molecular flexibility index (Phi) is 14.5. The lowest BCUT2D eigenvalue weighted by Crippen LogP contribution is -3.06. The minimum absolute atomic E-state index is 1.03. The number of rotatable bonds is 0. The maximum atomic E-state index is 8.52. The summed E-state index contributed by atoms with van der Waals surface area (Å²) in [6.07, 6.45) is 43.9. The van der Waals surface area contributed by atoms with Crippen molar-refractivity contribution in [2.24, 2.45) is 0 Å². The summed E-state index contributed by atoms with van der Waals surface area (Å²) in [5.74, 6) is 0. The Bertz CT molecular complexity index is 4170. The number of hydrogen-bond acceptors (Lipinski definition) is 8. The van der Waals surface area contributed by atoms with Gasteiger partial charge in [0.2, 0.25) is 0 Å². The normalized spacial score (nSPS) is 19.9. The van der Waals surface area contributed by atoms with Gasteiger partial charge in [-0.05, 0) is 72.9 Å². The molecule has 0 radical (unpaired) electrons. The molecule has 78 heavy (non-hydrogen) atoms. The lowest BCUT2D eigenvalue weighted by atomic mass is 10.1. The van der Waals surface area contributed by atoms with Crippen LogP contribution in [0.4, 0.5) is 0 Å². The number of quaternary nitrogens is 4. The van der Waals surface area contributed by atoms with Gasteiger partial charge < -0.3 is 38.1 Å². The minimum atomic E-state index is -5.17. The topological polar surface area (TPSA) is 241 Å². The number of allylic oxidation sites excluding steroid dienone is 8. The number of nitrogens with one attached hydrogen (secondary N) is 8. The molecule has 0 fully saturated rings. The van der Waals surface area contributed by atoms with Crippen molar-refractivity contribution in [2.45, 2.75) is 0 Å². The van der Waals surface area contributed by atoms with Crippen LogP contribution in [-0.2, 0) is 20.8 Å². The van der Waals surface area contributed by atoms with E-state index in [-0.39, 0.29) is 0 Å². The summed E-state index contributed by atoms with van der Waals surface area (Å²) >= 11 is 0. The highest BCUT2D eigenvalue weighted by Crippen LogP contribution is 2.09. The average Bonchev–Trinajstić information content (AvgIpc) is 4.35. The van der Waals surface area contributed by atoms with E-state index in [1.54, 1.807) is 0 Å². The number of H-pyrrole nitrogens is 4. The van der Waals surface area contributed by atoms with E-state index in [9.17, 15) is 0 Å². The van der Waals surface area contributed by atoms with Gasteiger partial charge in [-0.25, -0.2) is 0 Å². The van der Waals surface area contributed by atoms with E-state index in [1.807, 2.05) is 0 Å². The molecule has 8 aliphatic rings. The standard InChI is InChI=1S/4C15H12N2.2H2O4S/c4*1-2-6-13-11(5-1)12-8-10-17-9-4-3-7-14(17)15(12)16-13;2*1-5(2,3)4/h4*1-9,16H,10H2;2*(H2,1,2,3,4). The Balaban J connectivity index is 0.000000104. The van der Waals surface area contributed by atoms with Gasteiger partial charge in [0.25, 0.3) is 0 Å². The van der Waals surface area contributed by atoms with Gasteiger partial charge in [0, 0.05) is 110 Å². The van der Waals surface area contributed by atoms with Gasteiger partial charge in [0.15, 0.2) is 22.8 Å². The second-order valence-corrected chi connectivity index (χ2v) is 20.5. The Morgan fingerprint density at radius 3 is 0.744 bits per heavy atom. The van der Waals surface area contributed by atoms with Crippen molar-refractivity contribution in [3.8, 4) is 0 Å². The third-order valence-electron chi connectivity index (χ3n) is 14.2. The summed E-state index contributed by atoms with van der Waals surface area (Å²) in [6.45, 7) is 4.13. The molecule has 16 rings (SSSR count). The van der Waals surface area contributed by atoms with Crippen LogP contribution in [0.5, 0.6) is 0 Å². The Hall–Kier alpha value is -8.50. The zero-order valence-electron chi connectivity index (χ0n) is 41.7. The molecule has 4 atom stereocenters. The molecule has 4 unspecified atom stereocenters. The Labute approximate surface area is 447 Å².